The molecule has 1 amide bonds. The Morgan fingerprint density at radius 3 is 2.71 bits per heavy atom. The van der Waals surface area contributed by atoms with Gasteiger partial charge >= 0.3 is 0 Å². The minimum Gasteiger partial charge on any atom is -0.493 e. The maximum Gasteiger partial charge on any atom is 0.253 e. The van der Waals surface area contributed by atoms with Crippen LogP contribution < -0.4 is 9.47 Å². The van der Waals surface area contributed by atoms with Crippen molar-refractivity contribution >= 4 is 28.9 Å². The molecule has 0 aliphatic carbocycles. The summed E-state index contributed by atoms with van der Waals surface area (Å²) in [6.07, 6.45) is 4.22. The van der Waals surface area contributed by atoms with E-state index in [9.17, 15) is 4.79 Å². The summed E-state index contributed by atoms with van der Waals surface area (Å²) in [7, 11) is 3.19. The number of hydrogen-bond acceptors (Lipinski definition) is 6. The molecule has 0 unspecified atom stereocenters. The maximum absolute atomic E-state index is 12.9. The quantitative estimate of drug-likeness (QED) is 0.460. The zero-order chi connectivity index (χ0) is 20.6. The zero-order valence-electron chi connectivity index (χ0n) is 17.4. The van der Waals surface area contributed by atoms with Gasteiger partial charge in [0.05, 0.1) is 19.8 Å². The molecule has 1 aromatic rings. The average Bonchev–Trinajstić information content (AvgIpc) is 2.99. The molecule has 1 aromatic carbocycles. The van der Waals surface area contributed by atoms with E-state index in [1.54, 1.807) is 43.0 Å². The number of benzene rings is 1. The predicted molar refractivity (Wildman–Crippen MR) is 115 cm³/mol. The summed E-state index contributed by atoms with van der Waals surface area (Å²) in [5, 5.41) is 0.781. The lowest BCUT2D eigenvalue weighted by Crippen LogP contribution is -2.45. The van der Waals surface area contributed by atoms with Crippen molar-refractivity contribution in [2.24, 2.45) is 4.99 Å². The molecule has 0 N–H and O–H groups in total. The molecule has 7 heteroatoms. The van der Waals surface area contributed by atoms with E-state index in [-0.39, 0.29) is 11.4 Å². The molecule has 0 bridgehead atoms. The van der Waals surface area contributed by atoms with E-state index in [1.807, 2.05) is 25.1 Å². The van der Waals surface area contributed by atoms with E-state index >= 15 is 0 Å². The Bertz CT molecular complexity index is 731. The van der Waals surface area contributed by atoms with Gasteiger partial charge in [-0.25, -0.2) is 0 Å². The second-order valence-corrected chi connectivity index (χ2v) is 7.88. The first kappa shape index (κ1) is 22.3. The molecule has 154 valence electrons. The molecule has 0 radical (unpaired) electrons. The second kappa shape index (κ2) is 10.5. The first-order valence-electron chi connectivity index (χ1n) is 9.42. The molecule has 2 rings (SSSR count). The van der Waals surface area contributed by atoms with Crippen LogP contribution in [-0.2, 0) is 9.53 Å². The van der Waals surface area contributed by atoms with Gasteiger partial charge in [-0.1, -0.05) is 17.8 Å². The fourth-order valence-corrected chi connectivity index (χ4v) is 4.08. The van der Waals surface area contributed by atoms with Gasteiger partial charge in [0.15, 0.2) is 16.7 Å². The number of rotatable bonds is 9. The van der Waals surface area contributed by atoms with Crippen molar-refractivity contribution in [3.8, 4) is 11.5 Å². The van der Waals surface area contributed by atoms with Gasteiger partial charge in [-0.3, -0.25) is 14.7 Å². The van der Waals surface area contributed by atoms with Crippen molar-refractivity contribution in [2.45, 2.75) is 32.7 Å². The van der Waals surface area contributed by atoms with E-state index in [0.717, 1.165) is 22.9 Å². The minimum absolute atomic E-state index is 0.0756. The van der Waals surface area contributed by atoms with Crippen molar-refractivity contribution in [3.63, 3.8) is 0 Å². The first-order chi connectivity index (χ1) is 13.4. The highest BCUT2D eigenvalue weighted by Crippen LogP contribution is 2.33. The summed E-state index contributed by atoms with van der Waals surface area (Å²) in [6, 6.07) is 5.55. The summed E-state index contributed by atoms with van der Waals surface area (Å²) in [4.78, 5) is 19.3. The second-order valence-electron chi connectivity index (χ2n) is 6.94. The molecule has 1 fully saturated rings. The van der Waals surface area contributed by atoms with Gasteiger partial charge in [0.1, 0.15) is 0 Å². The molecule has 0 spiro atoms. The Balaban J connectivity index is 2.11. The van der Waals surface area contributed by atoms with E-state index in [4.69, 9.17) is 14.2 Å². The van der Waals surface area contributed by atoms with Crippen LogP contribution in [0.4, 0.5) is 0 Å². The minimum atomic E-state index is -0.275. The molecule has 6 nitrogen and oxygen atoms in total. The summed E-state index contributed by atoms with van der Waals surface area (Å²) < 4.78 is 15.9. The molecular weight excluding hydrogens is 376 g/mol. The number of carbonyl (C=O) groups excluding carboxylic acids is 1. The highest BCUT2D eigenvalue weighted by Gasteiger charge is 2.40. The number of carbonyl (C=O) groups is 1. The topological polar surface area (TPSA) is 60.4 Å². The Hall–Kier alpha value is -1.99. The van der Waals surface area contributed by atoms with Crippen LogP contribution in [0.1, 0.15) is 32.8 Å². The SMILES string of the molecule is CCOCCCN=C1SCC(C)(C)N1C(=O)C=Cc1ccc(OC)c(OC)c1. The van der Waals surface area contributed by atoms with Gasteiger partial charge in [0, 0.05) is 31.6 Å². The molecule has 1 aliphatic rings. The van der Waals surface area contributed by atoms with E-state index < -0.39 is 0 Å². The molecule has 0 aromatic heterocycles. The van der Waals surface area contributed by atoms with Gasteiger partial charge in [0.2, 0.25) is 0 Å². The van der Waals surface area contributed by atoms with Crippen molar-refractivity contribution in [3.05, 3.63) is 29.8 Å². The first-order valence-corrected chi connectivity index (χ1v) is 10.4. The van der Waals surface area contributed by atoms with E-state index in [1.165, 1.54) is 0 Å². The Morgan fingerprint density at radius 2 is 2.04 bits per heavy atom. The smallest absolute Gasteiger partial charge is 0.253 e. The molecule has 1 saturated heterocycles. The molecule has 0 atom stereocenters. The summed E-state index contributed by atoms with van der Waals surface area (Å²) in [6.45, 7) is 8.15. The fourth-order valence-electron chi connectivity index (χ4n) is 2.82. The largest absolute Gasteiger partial charge is 0.493 e. The van der Waals surface area contributed by atoms with E-state index in [0.29, 0.717) is 31.3 Å². The van der Waals surface area contributed by atoms with Crippen LogP contribution >= 0.6 is 11.8 Å². The highest BCUT2D eigenvalue weighted by molar-refractivity contribution is 8.14. The molecule has 0 saturated carbocycles. The highest BCUT2D eigenvalue weighted by atomic mass is 32.2. The van der Waals surface area contributed by atoms with E-state index in [2.05, 4.69) is 18.8 Å². The normalized spacial score (nSPS) is 17.5. The lowest BCUT2D eigenvalue weighted by Gasteiger charge is -2.29. The molecule has 28 heavy (non-hydrogen) atoms. The number of hydrogen-bond donors (Lipinski definition) is 0. The number of thioether (sulfide) groups is 1. The van der Waals surface area contributed by atoms with Crippen molar-refractivity contribution in [1.29, 1.82) is 0 Å². The third-order valence-electron chi connectivity index (χ3n) is 4.30. The molecule has 1 aliphatic heterocycles. The Morgan fingerprint density at radius 1 is 1.29 bits per heavy atom. The number of methoxy groups -OCH3 is 2. The number of amides is 1. The lowest BCUT2D eigenvalue weighted by atomic mass is 10.1. The number of amidine groups is 1. The number of nitrogens with zero attached hydrogens (tertiary/aromatic N) is 2. The van der Waals surface area contributed by atoms with Crippen LogP contribution in [-0.4, -0.2) is 61.2 Å². The van der Waals surface area contributed by atoms with Crippen molar-refractivity contribution < 1.29 is 19.0 Å². The average molecular weight is 407 g/mol. The summed E-state index contributed by atoms with van der Waals surface area (Å²) in [5.41, 5.74) is 0.591. The van der Waals surface area contributed by atoms with Gasteiger partial charge < -0.3 is 14.2 Å². The van der Waals surface area contributed by atoms with Gasteiger partial charge in [0.25, 0.3) is 5.91 Å². The van der Waals surface area contributed by atoms with Crippen LogP contribution in [0.25, 0.3) is 6.08 Å². The predicted octanol–water partition coefficient (Wildman–Crippen LogP) is 3.85. The van der Waals surface area contributed by atoms with Crippen LogP contribution in [0.5, 0.6) is 11.5 Å². The maximum atomic E-state index is 12.9. The zero-order valence-corrected chi connectivity index (χ0v) is 18.2. The van der Waals surface area contributed by atoms with Crippen LogP contribution in [0.2, 0.25) is 0 Å². The van der Waals surface area contributed by atoms with Crippen LogP contribution in [0.3, 0.4) is 0 Å². The Labute approximate surface area is 171 Å². The molecular formula is C21H30N2O4S. The van der Waals surface area contributed by atoms with Crippen molar-refractivity contribution in [2.75, 3.05) is 39.7 Å². The number of ether oxygens (including phenoxy) is 3. The molecule has 1 heterocycles. The van der Waals surface area contributed by atoms with Gasteiger partial charge in [-0.15, -0.1) is 0 Å². The fraction of sp³-hybridized carbons (Fsp3) is 0.524. The summed E-state index contributed by atoms with van der Waals surface area (Å²) in [5.74, 6) is 2.04. The lowest BCUT2D eigenvalue weighted by molar-refractivity contribution is -0.124. The van der Waals surface area contributed by atoms with Crippen LogP contribution in [0.15, 0.2) is 29.3 Å². The Kier molecular flexibility index (Phi) is 8.38. The van der Waals surface area contributed by atoms with Crippen molar-refractivity contribution in [1.82, 2.24) is 4.90 Å². The van der Waals surface area contributed by atoms with Crippen LogP contribution in [0, 0.1) is 0 Å². The third kappa shape index (κ3) is 5.75. The standard InChI is InChI=1S/C21H30N2O4S/c1-6-27-13-7-12-22-20-23(21(2,3)15-28-20)19(24)11-9-16-8-10-17(25-4)18(14-16)26-5/h8-11,14H,6-7,12-13,15H2,1-5H3. The monoisotopic (exact) mass is 406 g/mol. The third-order valence-corrected chi connectivity index (χ3v) is 5.72. The van der Waals surface area contributed by atoms with Gasteiger partial charge in [-0.05, 0) is 51.0 Å². The number of aliphatic imine (C=N–C) groups is 1. The van der Waals surface area contributed by atoms with Gasteiger partial charge in [-0.2, -0.15) is 0 Å². The summed E-state index contributed by atoms with van der Waals surface area (Å²) >= 11 is 1.63.